The van der Waals surface area contributed by atoms with Gasteiger partial charge in [-0.1, -0.05) is 23.7 Å². The second-order valence-electron chi connectivity index (χ2n) is 4.84. The first-order valence-electron chi connectivity index (χ1n) is 7.07. The topological polar surface area (TPSA) is 67.8 Å². The van der Waals surface area contributed by atoms with Crippen LogP contribution in [-0.2, 0) is 11.3 Å². The van der Waals surface area contributed by atoms with Gasteiger partial charge in [0.1, 0.15) is 18.1 Å². The summed E-state index contributed by atoms with van der Waals surface area (Å²) in [4.78, 5) is 12.1. The molecular formula is C17H18ClNO4. The predicted molar refractivity (Wildman–Crippen MR) is 88.1 cm³/mol. The van der Waals surface area contributed by atoms with Crippen molar-refractivity contribution >= 4 is 17.5 Å². The second kappa shape index (κ2) is 8.41. The van der Waals surface area contributed by atoms with Gasteiger partial charge >= 0.3 is 0 Å². The molecule has 0 aromatic heterocycles. The lowest BCUT2D eigenvalue weighted by atomic mass is 10.2. The van der Waals surface area contributed by atoms with Crippen molar-refractivity contribution in [3.05, 3.63) is 58.6 Å². The molecule has 0 aliphatic heterocycles. The smallest absolute Gasteiger partial charge is 0.251 e. The number of methoxy groups -OCH3 is 1. The number of benzene rings is 2. The summed E-state index contributed by atoms with van der Waals surface area (Å²) in [6.07, 6.45) is 0. The third kappa shape index (κ3) is 5.16. The van der Waals surface area contributed by atoms with Gasteiger partial charge in [-0.15, -0.1) is 0 Å². The molecule has 0 atom stereocenters. The Morgan fingerprint density at radius 3 is 2.78 bits per heavy atom. The third-order valence-electron chi connectivity index (χ3n) is 3.12. The quantitative estimate of drug-likeness (QED) is 0.763. The summed E-state index contributed by atoms with van der Waals surface area (Å²) in [6, 6.07) is 11.8. The van der Waals surface area contributed by atoms with E-state index >= 15 is 0 Å². The second-order valence-corrected chi connectivity index (χ2v) is 5.24. The van der Waals surface area contributed by atoms with Crippen LogP contribution in [0.5, 0.6) is 11.5 Å². The number of halogens is 1. The van der Waals surface area contributed by atoms with Crippen molar-refractivity contribution in [2.24, 2.45) is 0 Å². The molecule has 2 aromatic rings. The van der Waals surface area contributed by atoms with Gasteiger partial charge in [0, 0.05) is 19.2 Å². The summed E-state index contributed by atoms with van der Waals surface area (Å²) < 4.78 is 10.5. The Balaban J connectivity index is 1.93. The molecule has 0 spiro atoms. The number of nitrogens with one attached hydrogen (secondary N) is 1. The van der Waals surface area contributed by atoms with Gasteiger partial charge in [-0.05, 0) is 35.9 Å². The zero-order chi connectivity index (χ0) is 16.7. The lowest BCUT2D eigenvalue weighted by Gasteiger charge is -2.09. The molecule has 5 nitrogen and oxygen atoms in total. The van der Waals surface area contributed by atoms with E-state index in [0.29, 0.717) is 25.3 Å². The molecule has 2 N–H and O–H groups in total. The van der Waals surface area contributed by atoms with Crippen molar-refractivity contribution in [1.29, 1.82) is 0 Å². The fourth-order valence-electron chi connectivity index (χ4n) is 1.92. The molecule has 23 heavy (non-hydrogen) atoms. The van der Waals surface area contributed by atoms with Crippen LogP contribution in [-0.4, -0.2) is 31.3 Å². The minimum Gasteiger partial charge on any atom is -0.506 e. The average Bonchev–Trinajstić information content (AvgIpc) is 2.56. The van der Waals surface area contributed by atoms with Gasteiger partial charge in [-0.2, -0.15) is 0 Å². The SMILES string of the molecule is COCCOc1cccc(CNC(=O)c2ccc(O)c(Cl)c2)c1. The number of carbonyl (C=O) groups excluding carboxylic acids is 1. The summed E-state index contributed by atoms with van der Waals surface area (Å²) in [5.74, 6) is 0.406. The van der Waals surface area contributed by atoms with Gasteiger partial charge < -0.3 is 19.9 Å². The largest absolute Gasteiger partial charge is 0.506 e. The predicted octanol–water partition coefficient (Wildman–Crippen LogP) is 3.00. The maximum absolute atomic E-state index is 12.1. The van der Waals surface area contributed by atoms with Crippen LogP contribution in [0.4, 0.5) is 0 Å². The lowest BCUT2D eigenvalue weighted by Crippen LogP contribution is -2.22. The Hall–Kier alpha value is -2.24. The number of carbonyl (C=O) groups is 1. The normalized spacial score (nSPS) is 10.3. The number of hydrogen-bond donors (Lipinski definition) is 2. The first-order valence-corrected chi connectivity index (χ1v) is 7.45. The number of phenolic OH excluding ortho intramolecular Hbond substituents is 1. The van der Waals surface area contributed by atoms with E-state index < -0.39 is 0 Å². The Kier molecular flexibility index (Phi) is 6.26. The fraction of sp³-hybridized carbons (Fsp3) is 0.235. The Morgan fingerprint density at radius 2 is 2.04 bits per heavy atom. The highest BCUT2D eigenvalue weighted by Crippen LogP contribution is 2.23. The van der Waals surface area contributed by atoms with Gasteiger partial charge in [-0.3, -0.25) is 4.79 Å². The molecule has 0 heterocycles. The maximum atomic E-state index is 12.1. The van der Waals surface area contributed by atoms with Crippen LogP contribution in [0.1, 0.15) is 15.9 Å². The summed E-state index contributed by atoms with van der Waals surface area (Å²) >= 11 is 5.80. The summed E-state index contributed by atoms with van der Waals surface area (Å²) in [7, 11) is 1.62. The van der Waals surface area contributed by atoms with Crippen LogP contribution in [0.3, 0.4) is 0 Å². The van der Waals surface area contributed by atoms with E-state index in [1.807, 2.05) is 24.3 Å². The van der Waals surface area contributed by atoms with Gasteiger partial charge in [0.2, 0.25) is 0 Å². The average molecular weight is 336 g/mol. The first-order chi connectivity index (χ1) is 11.1. The van der Waals surface area contributed by atoms with E-state index in [-0.39, 0.29) is 16.7 Å². The minimum atomic E-state index is -0.266. The van der Waals surface area contributed by atoms with Gasteiger partial charge in [0.05, 0.1) is 11.6 Å². The molecule has 6 heteroatoms. The molecule has 0 radical (unpaired) electrons. The van der Waals surface area contributed by atoms with Crippen LogP contribution >= 0.6 is 11.6 Å². The highest BCUT2D eigenvalue weighted by molar-refractivity contribution is 6.32. The standard InChI is InChI=1S/C17H18ClNO4/c1-22-7-8-23-14-4-2-3-12(9-14)11-19-17(21)13-5-6-16(20)15(18)10-13/h2-6,9-10,20H,7-8,11H2,1H3,(H,19,21). The Bertz CT molecular complexity index is 675. The van der Waals surface area contributed by atoms with Crippen LogP contribution in [0.2, 0.25) is 5.02 Å². The van der Waals surface area contributed by atoms with E-state index in [9.17, 15) is 9.90 Å². The molecule has 0 aliphatic rings. The van der Waals surface area contributed by atoms with Crippen LogP contribution < -0.4 is 10.1 Å². The zero-order valence-corrected chi connectivity index (χ0v) is 13.5. The van der Waals surface area contributed by atoms with Gasteiger partial charge in [-0.25, -0.2) is 0 Å². The molecule has 0 unspecified atom stereocenters. The van der Waals surface area contributed by atoms with Crippen molar-refractivity contribution in [2.75, 3.05) is 20.3 Å². The molecule has 2 aromatic carbocycles. The number of amides is 1. The van der Waals surface area contributed by atoms with Gasteiger partial charge in [0.15, 0.2) is 0 Å². The number of aromatic hydroxyl groups is 1. The zero-order valence-electron chi connectivity index (χ0n) is 12.7. The van der Waals surface area contributed by atoms with Crippen LogP contribution in [0.15, 0.2) is 42.5 Å². The van der Waals surface area contributed by atoms with Crippen molar-refractivity contribution in [1.82, 2.24) is 5.32 Å². The molecule has 122 valence electrons. The molecule has 0 saturated heterocycles. The molecule has 0 bridgehead atoms. The van der Waals surface area contributed by atoms with Gasteiger partial charge in [0.25, 0.3) is 5.91 Å². The number of rotatable bonds is 7. The van der Waals surface area contributed by atoms with Crippen LogP contribution in [0.25, 0.3) is 0 Å². The molecule has 0 aliphatic carbocycles. The number of ether oxygens (including phenoxy) is 2. The van der Waals surface area contributed by atoms with E-state index in [0.717, 1.165) is 11.3 Å². The maximum Gasteiger partial charge on any atom is 0.251 e. The van der Waals surface area contributed by atoms with E-state index in [1.54, 1.807) is 7.11 Å². The van der Waals surface area contributed by atoms with E-state index in [4.69, 9.17) is 21.1 Å². The van der Waals surface area contributed by atoms with Crippen molar-refractivity contribution in [3.8, 4) is 11.5 Å². The van der Waals surface area contributed by atoms with E-state index in [1.165, 1.54) is 18.2 Å². The fourth-order valence-corrected chi connectivity index (χ4v) is 2.10. The highest BCUT2D eigenvalue weighted by atomic mass is 35.5. The highest BCUT2D eigenvalue weighted by Gasteiger charge is 2.08. The molecule has 1 amide bonds. The first kappa shape index (κ1) is 17.1. The molecule has 0 fully saturated rings. The van der Waals surface area contributed by atoms with Crippen molar-refractivity contribution < 1.29 is 19.4 Å². The van der Waals surface area contributed by atoms with Crippen molar-refractivity contribution in [3.63, 3.8) is 0 Å². The Labute approximate surface area is 139 Å². The number of phenols is 1. The molecule has 0 saturated carbocycles. The summed E-state index contributed by atoms with van der Waals surface area (Å²) in [5.41, 5.74) is 1.30. The van der Waals surface area contributed by atoms with Crippen LogP contribution in [0, 0.1) is 0 Å². The third-order valence-corrected chi connectivity index (χ3v) is 3.42. The van der Waals surface area contributed by atoms with Crippen molar-refractivity contribution in [2.45, 2.75) is 6.54 Å². The van der Waals surface area contributed by atoms with E-state index in [2.05, 4.69) is 5.32 Å². The molecular weight excluding hydrogens is 318 g/mol. The Morgan fingerprint density at radius 1 is 1.22 bits per heavy atom. The minimum absolute atomic E-state index is 0.0517. The molecule has 2 rings (SSSR count). The monoisotopic (exact) mass is 335 g/mol. The summed E-state index contributed by atoms with van der Waals surface area (Å²) in [5, 5.41) is 12.3. The summed E-state index contributed by atoms with van der Waals surface area (Å²) in [6.45, 7) is 1.35. The lowest BCUT2D eigenvalue weighted by molar-refractivity contribution is 0.0951. The number of hydrogen-bond acceptors (Lipinski definition) is 4.